The van der Waals surface area contributed by atoms with Gasteiger partial charge >= 0.3 is 6.03 Å². The molecule has 1 fully saturated rings. The van der Waals surface area contributed by atoms with E-state index in [1.807, 2.05) is 23.1 Å². The Morgan fingerprint density at radius 3 is 2.75 bits per heavy atom. The van der Waals surface area contributed by atoms with E-state index in [2.05, 4.69) is 32.2 Å². The molecule has 0 atom stereocenters. The lowest BCUT2D eigenvalue weighted by Crippen LogP contribution is -2.50. The molecule has 144 valence electrons. The van der Waals surface area contributed by atoms with Gasteiger partial charge in [0.1, 0.15) is 0 Å². The van der Waals surface area contributed by atoms with Crippen LogP contribution in [0.15, 0.2) is 40.9 Å². The number of urea groups is 1. The van der Waals surface area contributed by atoms with Gasteiger partial charge < -0.3 is 24.6 Å². The summed E-state index contributed by atoms with van der Waals surface area (Å²) in [6.45, 7) is 3.04. The summed E-state index contributed by atoms with van der Waals surface area (Å²) >= 11 is 5.19. The smallest absolute Gasteiger partial charge is 0.321 e. The summed E-state index contributed by atoms with van der Waals surface area (Å²) in [6, 6.07) is 11.4. The normalized spacial score (nSPS) is 15.9. The van der Waals surface area contributed by atoms with Gasteiger partial charge in [-0.1, -0.05) is 27.3 Å². The van der Waals surface area contributed by atoms with Gasteiger partial charge in [-0.15, -0.1) is 0 Å². The Bertz CT molecular complexity index is 1050. The monoisotopic (exact) mass is 460 g/mol. The predicted molar refractivity (Wildman–Crippen MR) is 113 cm³/mol. The van der Waals surface area contributed by atoms with E-state index in [1.165, 1.54) is 0 Å². The molecule has 0 bridgehead atoms. The van der Waals surface area contributed by atoms with Gasteiger partial charge in [0.05, 0.1) is 10.2 Å². The maximum atomic E-state index is 12.6. The van der Waals surface area contributed by atoms with Gasteiger partial charge in [-0.3, -0.25) is 0 Å². The predicted octanol–water partition coefficient (Wildman–Crippen LogP) is 4.14. The van der Waals surface area contributed by atoms with E-state index >= 15 is 0 Å². The van der Waals surface area contributed by atoms with Crippen molar-refractivity contribution in [3.05, 3.63) is 40.9 Å². The van der Waals surface area contributed by atoms with Crippen molar-refractivity contribution >= 4 is 54.3 Å². The largest absolute Gasteiger partial charge is 0.454 e. The molecule has 9 heteroatoms. The van der Waals surface area contributed by atoms with Crippen molar-refractivity contribution in [1.29, 1.82) is 0 Å². The number of thiazole rings is 1. The highest BCUT2D eigenvalue weighted by Crippen LogP contribution is 2.34. The van der Waals surface area contributed by atoms with E-state index in [1.54, 1.807) is 23.5 Å². The van der Waals surface area contributed by atoms with E-state index in [4.69, 9.17) is 14.5 Å². The van der Waals surface area contributed by atoms with Crippen molar-refractivity contribution in [2.75, 3.05) is 43.2 Å². The minimum atomic E-state index is -0.105. The molecule has 0 radical (unpaired) electrons. The zero-order valence-corrected chi connectivity index (χ0v) is 17.3. The number of hydrogen-bond donors (Lipinski definition) is 1. The standard InChI is InChI=1S/C19H17BrN4O3S/c20-12-1-3-14-17(9-12)28-19(22-14)24-7-5-23(6-8-24)18(25)21-13-2-4-15-16(10-13)27-11-26-15/h1-4,9-10H,5-8,11H2,(H,21,25). The lowest BCUT2D eigenvalue weighted by Gasteiger charge is -2.34. The Kier molecular flexibility index (Phi) is 4.48. The number of carbonyl (C=O) groups excluding carboxylic acids is 1. The minimum absolute atomic E-state index is 0.105. The van der Waals surface area contributed by atoms with Crippen LogP contribution in [0.4, 0.5) is 15.6 Å². The summed E-state index contributed by atoms with van der Waals surface area (Å²) < 4.78 is 12.9. The third kappa shape index (κ3) is 3.35. The minimum Gasteiger partial charge on any atom is -0.454 e. The fraction of sp³-hybridized carbons (Fsp3) is 0.263. The second kappa shape index (κ2) is 7.14. The number of benzene rings is 2. The molecular weight excluding hydrogens is 444 g/mol. The number of anilines is 2. The molecule has 2 aliphatic heterocycles. The number of aromatic nitrogens is 1. The van der Waals surface area contributed by atoms with Crippen LogP contribution in [0.1, 0.15) is 0 Å². The first kappa shape index (κ1) is 17.6. The van der Waals surface area contributed by atoms with Crippen molar-refractivity contribution < 1.29 is 14.3 Å². The second-order valence-electron chi connectivity index (χ2n) is 6.58. The van der Waals surface area contributed by atoms with E-state index in [9.17, 15) is 4.79 Å². The van der Waals surface area contributed by atoms with Crippen LogP contribution in [0.5, 0.6) is 11.5 Å². The van der Waals surface area contributed by atoms with Crippen LogP contribution < -0.4 is 19.7 Å². The molecule has 28 heavy (non-hydrogen) atoms. The number of rotatable bonds is 2. The number of halogens is 1. The Balaban J connectivity index is 1.22. The maximum absolute atomic E-state index is 12.6. The molecule has 7 nitrogen and oxygen atoms in total. The molecule has 1 N–H and O–H groups in total. The fourth-order valence-electron chi connectivity index (χ4n) is 3.30. The Labute approximate surface area is 174 Å². The summed E-state index contributed by atoms with van der Waals surface area (Å²) in [7, 11) is 0. The number of nitrogens with zero attached hydrogens (tertiary/aromatic N) is 3. The molecule has 1 aromatic heterocycles. The summed E-state index contributed by atoms with van der Waals surface area (Å²) in [5, 5.41) is 3.94. The van der Waals surface area contributed by atoms with E-state index in [0.717, 1.165) is 32.9 Å². The van der Waals surface area contributed by atoms with Gasteiger partial charge in [-0.2, -0.15) is 0 Å². The van der Waals surface area contributed by atoms with Crippen LogP contribution in [0.3, 0.4) is 0 Å². The molecule has 3 aromatic rings. The summed E-state index contributed by atoms with van der Waals surface area (Å²) in [5.74, 6) is 1.36. The molecule has 5 rings (SSSR count). The SMILES string of the molecule is O=C(Nc1ccc2c(c1)OCO2)N1CCN(c2nc3ccc(Br)cc3s2)CC1. The van der Waals surface area contributed by atoms with E-state index in [0.29, 0.717) is 30.3 Å². The van der Waals surface area contributed by atoms with Gasteiger partial charge in [0, 0.05) is 42.4 Å². The van der Waals surface area contributed by atoms with Crippen LogP contribution in [-0.2, 0) is 0 Å². The Hall–Kier alpha value is -2.52. The lowest BCUT2D eigenvalue weighted by molar-refractivity contribution is 0.174. The lowest BCUT2D eigenvalue weighted by atomic mass is 10.3. The number of hydrogen-bond acceptors (Lipinski definition) is 6. The van der Waals surface area contributed by atoms with Crippen molar-refractivity contribution in [3.63, 3.8) is 0 Å². The highest BCUT2D eigenvalue weighted by Gasteiger charge is 2.24. The first-order valence-corrected chi connectivity index (χ1v) is 10.5. The molecule has 2 aliphatic rings. The highest BCUT2D eigenvalue weighted by molar-refractivity contribution is 9.10. The molecule has 0 spiro atoms. The third-order valence-corrected chi connectivity index (χ3v) is 6.37. The molecule has 2 amide bonds. The van der Waals surface area contributed by atoms with E-state index < -0.39 is 0 Å². The van der Waals surface area contributed by atoms with Crippen LogP contribution in [0.25, 0.3) is 10.2 Å². The van der Waals surface area contributed by atoms with Crippen molar-refractivity contribution in [1.82, 2.24) is 9.88 Å². The molecule has 0 aliphatic carbocycles. The highest BCUT2D eigenvalue weighted by atomic mass is 79.9. The van der Waals surface area contributed by atoms with Gasteiger partial charge in [0.15, 0.2) is 16.6 Å². The Morgan fingerprint density at radius 1 is 1.07 bits per heavy atom. The molecule has 3 heterocycles. The third-order valence-electron chi connectivity index (χ3n) is 4.80. The van der Waals surface area contributed by atoms with Gasteiger partial charge in [-0.25, -0.2) is 9.78 Å². The number of nitrogens with one attached hydrogen (secondary N) is 1. The molecule has 2 aromatic carbocycles. The molecule has 0 unspecified atom stereocenters. The number of carbonyl (C=O) groups is 1. The number of fused-ring (bicyclic) bond motifs is 2. The molecular formula is C19H17BrN4O3S. The average molecular weight is 461 g/mol. The molecule has 0 saturated carbocycles. The van der Waals surface area contributed by atoms with Crippen LogP contribution in [-0.4, -0.2) is 48.9 Å². The first-order valence-electron chi connectivity index (χ1n) is 8.92. The Morgan fingerprint density at radius 2 is 1.89 bits per heavy atom. The zero-order chi connectivity index (χ0) is 19.1. The van der Waals surface area contributed by atoms with Crippen LogP contribution >= 0.6 is 27.3 Å². The summed E-state index contributed by atoms with van der Waals surface area (Å²) in [6.07, 6.45) is 0. The quantitative estimate of drug-likeness (QED) is 0.622. The second-order valence-corrected chi connectivity index (χ2v) is 8.51. The average Bonchev–Trinajstić information content (AvgIpc) is 3.34. The first-order chi connectivity index (χ1) is 13.7. The van der Waals surface area contributed by atoms with Gasteiger partial charge in [-0.05, 0) is 30.3 Å². The summed E-state index contributed by atoms with van der Waals surface area (Å²) in [5.41, 5.74) is 1.71. The van der Waals surface area contributed by atoms with Gasteiger partial charge in [0.25, 0.3) is 0 Å². The number of amides is 2. The zero-order valence-electron chi connectivity index (χ0n) is 14.9. The molecule has 1 saturated heterocycles. The number of ether oxygens (including phenoxy) is 2. The van der Waals surface area contributed by atoms with Crippen LogP contribution in [0, 0.1) is 0 Å². The summed E-state index contributed by atoms with van der Waals surface area (Å²) in [4.78, 5) is 21.4. The number of piperazine rings is 1. The van der Waals surface area contributed by atoms with Crippen molar-refractivity contribution in [2.45, 2.75) is 0 Å². The van der Waals surface area contributed by atoms with E-state index in [-0.39, 0.29) is 12.8 Å². The van der Waals surface area contributed by atoms with Crippen LogP contribution in [0.2, 0.25) is 0 Å². The van der Waals surface area contributed by atoms with Crippen molar-refractivity contribution in [2.24, 2.45) is 0 Å². The fourth-order valence-corrected chi connectivity index (χ4v) is 4.87. The van der Waals surface area contributed by atoms with Gasteiger partial charge in [0.2, 0.25) is 6.79 Å². The van der Waals surface area contributed by atoms with Crippen molar-refractivity contribution in [3.8, 4) is 11.5 Å². The topological polar surface area (TPSA) is 66.9 Å². The maximum Gasteiger partial charge on any atom is 0.321 e.